The zero-order valence-electron chi connectivity index (χ0n) is 26.3. The average molecular weight is 661 g/mol. The third kappa shape index (κ3) is 11.0. The lowest BCUT2D eigenvalue weighted by Crippen LogP contribution is -2.64. The molecule has 1 aliphatic heterocycles. The molecule has 242 valence electrons. The second kappa shape index (κ2) is 13.4. The van der Waals surface area contributed by atoms with Crippen LogP contribution < -0.4 is 0 Å². The smallest absolute Gasteiger partial charge is 0.311 e. The molecule has 1 saturated heterocycles. The summed E-state index contributed by atoms with van der Waals surface area (Å²) < 4.78 is 32.1. The first-order valence-electron chi connectivity index (χ1n) is 13.3. The van der Waals surface area contributed by atoms with Crippen LogP contribution in [0.25, 0.3) is 0 Å². The summed E-state index contributed by atoms with van der Waals surface area (Å²) in [5, 5.41) is 8.12. The minimum Gasteiger partial charge on any atom is -0.462 e. The molecule has 1 rings (SSSR count). The van der Waals surface area contributed by atoms with Gasteiger partial charge < -0.3 is 28.4 Å². The van der Waals surface area contributed by atoms with Crippen LogP contribution in [0, 0.1) is 27.1 Å². The van der Waals surface area contributed by atoms with Crippen molar-refractivity contribution in [2.75, 3.05) is 6.61 Å². The maximum atomic E-state index is 13.2. The Bertz CT molecular complexity index is 1030. The lowest BCUT2D eigenvalue weighted by Gasteiger charge is -2.45. The van der Waals surface area contributed by atoms with Crippen LogP contribution in [-0.2, 0) is 47.6 Å². The largest absolute Gasteiger partial charge is 0.462 e. The van der Waals surface area contributed by atoms with Crippen molar-refractivity contribution in [3.63, 3.8) is 0 Å². The summed E-state index contributed by atoms with van der Waals surface area (Å²) in [6.45, 7) is 18.8. The van der Waals surface area contributed by atoms with E-state index in [2.05, 4.69) is 0 Å². The van der Waals surface area contributed by atoms with Crippen molar-refractivity contribution in [1.82, 2.24) is 0 Å². The molecule has 0 radical (unpaired) electrons. The summed E-state index contributed by atoms with van der Waals surface area (Å²) >= 11 is 17.5. The van der Waals surface area contributed by atoms with Crippen LogP contribution in [0.4, 0.5) is 0 Å². The first-order chi connectivity index (χ1) is 18.6. The van der Waals surface area contributed by atoms with Gasteiger partial charge in [-0.2, -0.15) is 0 Å². The minimum atomic E-state index is -2.34. The van der Waals surface area contributed by atoms with Crippen LogP contribution in [0.15, 0.2) is 0 Å². The summed E-state index contributed by atoms with van der Waals surface area (Å²) in [6, 6.07) is 0. The Labute approximate surface area is 263 Å². The van der Waals surface area contributed by atoms with E-state index in [1.54, 1.807) is 83.1 Å². The fourth-order valence-electron chi connectivity index (χ4n) is 2.97. The predicted octanol–water partition coefficient (Wildman–Crippen LogP) is 5.54. The van der Waals surface area contributed by atoms with E-state index >= 15 is 0 Å². The number of esters is 4. The Kier molecular flexibility index (Phi) is 12.2. The maximum absolute atomic E-state index is 13.2. The zero-order valence-corrected chi connectivity index (χ0v) is 28.6. The fraction of sp³-hybridized carbons (Fsp3) is 0.821. The molecule has 1 N–H and O–H groups in total. The summed E-state index contributed by atoms with van der Waals surface area (Å²) in [5.74, 6) is -3.73. The highest BCUT2D eigenvalue weighted by atomic mass is 35.6. The normalized spacial score (nSPS) is 23.8. The SMILES string of the molecule is CC(C)(C)C(=O)OC[C@H]1O[C@@H](OC(=N)C(Cl)(Cl)Cl)[C@H](OC(=O)C(C)(C)C)[C@@H](OC(=O)C(C)(C)C)[C@@H]1OC(=O)C(C)(C)C. The highest BCUT2D eigenvalue weighted by Crippen LogP contribution is 2.36. The number of hydrogen-bond acceptors (Lipinski definition) is 11. The monoisotopic (exact) mass is 659 g/mol. The number of ether oxygens (including phenoxy) is 6. The van der Waals surface area contributed by atoms with Gasteiger partial charge in [0.05, 0.1) is 21.7 Å². The van der Waals surface area contributed by atoms with Crippen LogP contribution in [-0.4, -0.2) is 70.9 Å². The van der Waals surface area contributed by atoms with Crippen molar-refractivity contribution >= 4 is 64.6 Å². The molecule has 0 bridgehead atoms. The highest BCUT2D eigenvalue weighted by Gasteiger charge is 2.56. The number of halogens is 3. The third-order valence-electron chi connectivity index (χ3n) is 5.64. The van der Waals surface area contributed by atoms with Crippen molar-refractivity contribution in [2.24, 2.45) is 21.7 Å². The molecular weight excluding hydrogens is 617 g/mol. The number of carbonyl (C=O) groups excluding carboxylic acids is 4. The highest BCUT2D eigenvalue weighted by molar-refractivity contribution is 6.76. The summed E-state index contributed by atoms with van der Waals surface area (Å²) in [6.07, 6.45) is -7.70. The Hall–Kier alpha value is -1.82. The van der Waals surface area contributed by atoms with Gasteiger partial charge in [-0.3, -0.25) is 24.6 Å². The van der Waals surface area contributed by atoms with Crippen LogP contribution >= 0.6 is 34.8 Å². The molecule has 0 aliphatic carbocycles. The van der Waals surface area contributed by atoms with Gasteiger partial charge >= 0.3 is 23.9 Å². The van der Waals surface area contributed by atoms with Crippen LogP contribution in [0.3, 0.4) is 0 Å². The molecule has 0 aromatic heterocycles. The molecule has 1 heterocycles. The van der Waals surface area contributed by atoms with Gasteiger partial charge in [-0.15, -0.1) is 0 Å². The number of carbonyl (C=O) groups is 4. The summed E-state index contributed by atoms with van der Waals surface area (Å²) in [4.78, 5) is 52.1. The molecule has 1 aliphatic rings. The standard InChI is InChI=1S/C28H44Cl3NO10/c1-24(2,3)20(33)37-13-14-15(39-21(34)25(4,5)6)16(40-22(35)26(7,8)9)17(41-23(36)27(10,11)12)18(38-14)42-19(32)28(29,30)31/h14-18,32H,13H2,1-12H3/t14-,15-,16+,17-,18+/m1/s1. The minimum absolute atomic E-state index is 0.497. The van der Waals surface area contributed by atoms with E-state index in [-0.39, 0.29) is 0 Å². The van der Waals surface area contributed by atoms with Crippen molar-refractivity contribution in [3.05, 3.63) is 0 Å². The second-order valence-electron chi connectivity index (χ2n) is 14.2. The van der Waals surface area contributed by atoms with Crippen molar-refractivity contribution in [2.45, 2.75) is 118 Å². The van der Waals surface area contributed by atoms with Gasteiger partial charge in [-0.25, -0.2) is 0 Å². The topological polar surface area (TPSA) is 148 Å². The molecule has 14 heteroatoms. The average Bonchev–Trinajstić information content (AvgIpc) is 2.77. The molecule has 11 nitrogen and oxygen atoms in total. The molecule has 5 atom stereocenters. The quantitative estimate of drug-likeness (QED) is 0.127. The van der Waals surface area contributed by atoms with Crippen LogP contribution in [0.2, 0.25) is 0 Å². The van der Waals surface area contributed by atoms with Crippen molar-refractivity contribution in [3.8, 4) is 0 Å². The third-order valence-corrected chi connectivity index (χ3v) is 6.16. The van der Waals surface area contributed by atoms with Crippen LogP contribution in [0.5, 0.6) is 0 Å². The van der Waals surface area contributed by atoms with Gasteiger partial charge in [-0.1, -0.05) is 34.8 Å². The van der Waals surface area contributed by atoms with Gasteiger partial charge in [0, 0.05) is 0 Å². The molecular formula is C28H44Cl3NO10. The number of hydrogen-bond donors (Lipinski definition) is 1. The Morgan fingerprint density at radius 2 is 0.952 bits per heavy atom. The van der Waals surface area contributed by atoms with Gasteiger partial charge in [0.2, 0.25) is 18.3 Å². The molecule has 0 amide bonds. The molecule has 0 spiro atoms. The second-order valence-corrected chi connectivity index (χ2v) is 16.5. The van der Waals surface area contributed by atoms with E-state index in [0.29, 0.717) is 0 Å². The van der Waals surface area contributed by atoms with E-state index < -0.39 is 92.5 Å². The molecule has 0 aromatic rings. The lowest BCUT2D eigenvalue weighted by molar-refractivity contribution is -0.297. The van der Waals surface area contributed by atoms with Gasteiger partial charge in [0.25, 0.3) is 3.79 Å². The molecule has 0 saturated carbocycles. The van der Waals surface area contributed by atoms with Gasteiger partial charge in [0.15, 0.2) is 12.2 Å². The van der Waals surface area contributed by atoms with Gasteiger partial charge in [0.1, 0.15) is 12.7 Å². The number of alkyl halides is 3. The fourth-order valence-corrected chi connectivity index (χ4v) is 3.10. The number of rotatable bonds is 6. The van der Waals surface area contributed by atoms with E-state index in [9.17, 15) is 19.2 Å². The lowest BCUT2D eigenvalue weighted by atomic mass is 9.93. The maximum Gasteiger partial charge on any atom is 0.311 e. The van der Waals surface area contributed by atoms with Gasteiger partial charge in [-0.05, 0) is 83.1 Å². The van der Waals surface area contributed by atoms with Crippen molar-refractivity contribution < 1.29 is 47.6 Å². The summed E-state index contributed by atoms with van der Waals surface area (Å²) in [7, 11) is 0. The molecule has 0 unspecified atom stereocenters. The van der Waals surface area contributed by atoms with Crippen LogP contribution in [0.1, 0.15) is 83.1 Å². The van der Waals surface area contributed by atoms with E-state index in [0.717, 1.165) is 0 Å². The first kappa shape index (κ1) is 38.2. The van der Waals surface area contributed by atoms with Crippen molar-refractivity contribution in [1.29, 1.82) is 5.41 Å². The molecule has 42 heavy (non-hydrogen) atoms. The van der Waals surface area contributed by atoms with E-state index in [4.69, 9.17) is 68.6 Å². The molecule has 1 fully saturated rings. The van der Waals surface area contributed by atoms with E-state index in [1.165, 1.54) is 0 Å². The summed E-state index contributed by atoms with van der Waals surface area (Å²) in [5.41, 5.74) is -4.02. The first-order valence-corrected chi connectivity index (χ1v) is 14.5. The predicted molar refractivity (Wildman–Crippen MR) is 156 cm³/mol. The zero-order chi connectivity index (χ0) is 33.2. The Balaban J connectivity index is 3.82. The molecule has 0 aromatic carbocycles. The Morgan fingerprint density at radius 1 is 0.595 bits per heavy atom. The number of nitrogens with one attached hydrogen (secondary N) is 1. The Morgan fingerprint density at radius 3 is 1.31 bits per heavy atom. The van der Waals surface area contributed by atoms with E-state index in [1.807, 2.05) is 0 Å².